The Kier molecular flexibility index (Phi) is 1.32. The van der Waals surface area contributed by atoms with E-state index in [1.54, 1.807) is 17.1 Å². The van der Waals surface area contributed by atoms with Gasteiger partial charge in [0.1, 0.15) is 5.15 Å². The summed E-state index contributed by atoms with van der Waals surface area (Å²) in [5.74, 6) is 0. The van der Waals surface area contributed by atoms with Crippen LogP contribution in [-0.2, 0) is 7.05 Å². The van der Waals surface area contributed by atoms with Gasteiger partial charge in [-0.15, -0.1) is 0 Å². The Balaban J connectivity index is 2.94. The van der Waals surface area contributed by atoms with Gasteiger partial charge in [0.15, 0.2) is 0 Å². The quantitative estimate of drug-likeness (QED) is 0.559. The number of aromatic nitrogens is 3. The zero-order valence-corrected chi connectivity index (χ0v) is 6.71. The Bertz CT molecular complexity index is 393. The van der Waals surface area contributed by atoms with Crippen LogP contribution >= 0.6 is 11.6 Å². The van der Waals surface area contributed by atoms with Gasteiger partial charge in [0.2, 0.25) is 0 Å². The maximum Gasteiger partial charge on any atom is 0.139 e. The van der Waals surface area contributed by atoms with Crippen molar-refractivity contribution in [2.24, 2.45) is 7.05 Å². The Hall–Kier alpha value is -1.09. The molecule has 0 aliphatic rings. The van der Waals surface area contributed by atoms with E-state index in [2.05, 4.69) is 10.1 Å². The lowest BCUT2D eigenvalue weighted by molar-refractivity contribution is 0.797. The SMILES string of the molecule is Cn1ncc2c(Cl)nccc21. The van der Waals surface area contributed by atoms with Crippen LogP contribution < -0.4 is 0 Å². The second-order valence-corrected chi connectivity index (χ2v) is 2.66. The predicted molar refractivity (Wildman–Crippen MR) is 43.5 cm³/mol. The number of hydrogen-bond donors (Lipinski definition) is 0. The summed E-state index contributed by atoms with van der Waals surface area (Å²) in [5.41, 5.74) is 1.00. The zero-order chi connectivity index (χ0) is 7.84. The van der Waals surface area contributed by atoms with Crippen LogP contribution in [0.2, 0.25) is 5.15 Å². The second kappa shape index (κ2) is 2.20. The topological polar surface area (TPSA) is 30.7 Å². The van der Waals surface area contributed by atoms with Crippen LogP contribution in [0.3, 0.4) is 0 Å². The number of nitrogens with zero attached hydrogens (tertiary/aromatic N) is 3. The molecule has 11 heavy (non-hydrogen) atoms. The van der Waals surface area contributed by atoms with Gasteiger partial charge in [-0.1, -0.05) is 11.6 Å². The molecule has 0 spiro atoms. The summed E-state index contributed by atoms with van der Waals surface area (Å²) in [6.07, 6.45) is 3.39. The van der Waals surface area contributed by atoms with Crippen LogP contribution in [-0.4, -0.2) is 14.8 Å². The van der Waals surface area contributed by atoms with E-state index in [-0.39, 0.29) is 0 Å². The molecule has 56 valence electrons. The highest BCUT2D eigenvalue weighted by molar-refractivity contribution is 6.34. The molecule has 0 aromatic carbocycles. The van der Waals surface area contributed by atoms with Crippen molar-refractivity contribution in [2.45, 2.75) is 0 Å². The van der Waals surface area contributed by atoms with Crippen molar-refractivity contribution in [3.63, 3.8) is 0 Å². The lowest BCUT2D eigenvalue weighted by atomic mass is 10.3. The number of aryl methyl sites for hydroxylation is 1. The molecule has 0 atom stereocenters. The first kappa shape index (κ1) is 6.61. The van der Waals surface area contributed by atoms with Crippen molar-refractivity contribution < 1.29 is 0 Å². The number of rotatable bonds is 0. The molecule has 0 amide bonds. The average molecular weight is 168 g/mol. The fourth-order valence-corrected chi connectivity index (χ4v) is 1.25. The molecule has 0 aliphatic carbocycles. The third-order valence-electron chi connectivity index (χ3n) is 1.63. The minimum Gasteiger partial charge on any atom is -0.268 e. The van der Waals surface area contributed by atoms with Gasteiger partial charge >= 0.3 is 0 Å². The fraction of sp³-hybridized carbons (Fsp3) is 0.143. The highest BCUT2D eigenvalue weighted by Crippen LogP contribution is 2.18. The molecular weight excluding hydrogens is 162 g/mol. The van der Waals surface area contributed by atoms with Gasteiger partial charge in [-0.05, 0) is 6.07 Å². The summed E-state index contributed by atoms with van der Waals surface area (Å²) >= 11 is 5.81. The summed E-state index contributed by atoms with van der Waals surface area (Å²) in [4.78, 5) is 3.93. The molecule has 0 N–H and O–H groups in total. The molecule has 2 rings (SSSR count). The largest absolute Gasteiger partial charge is 0.268 e. The maximum absolute atomic E-state index is 5.81. The number of fused-ring (bicyclic) bond motifs is 1. The van der Waals surface area contributed by atoms with E-state index in [1.807, 2.05) is 13.1 Å². The number of halogens is 1. The first-order valence-electron chi connectivity index (χ1n) is 3.21. The van der Waals surface area contributed by atoms with Gasteiger partial charge in [-0.2, -0.15) is 5.10 Å². The highest BCUT2D eigenvalue weighted by atomic mass is 35.5. The molecule has 4 heteroatoms. The smallest absolute Gasteiger partial charge is 0.139 e. The summed E-state index contributed by atoms with van der Waals surface area (Å²) in [7, 11) is 1.87. The van der Waals surface area contributed by atoms with Gasteiger partial charge in [0.25, 0.3) is 0 Å². The molecule has 2 aromatic rings. The normalized spacial score (nSPS) is 10.7. The Morgan fingerprint density at radius 1 is 1.55 bits per heavy atom. The summed E-state index contributed by atoms with van der Waals surface area (Å²) in [6.45, 7) is 0. The second-order valence-electron chi connectivity index (χ2n) is 2.30. The van der Waals surface area contributed by atoms with Gasteiger partial charge < -0.3 is 0 Å². The van der Waals surface area contributed by atoms with Gasteiger partial charge in [-0.25, -0.2) is 4.98 Å². The van der Waals surface area contributed by atoms with Crippen molar-refractivity contribution >= 4 is 22.5 Å². The van der Waals surface area contributed by atoms with Crippen LogP contribution in [0.15, 0.2) is 18.5 Å². The van der Waals surface area contributed by atoms with Crippen LogP contribution in [0.25, 0.3) is 10.9 Å². The molecule has 2 heterocycles. The summed E-state index contributed by atoms with van der Waals surface area (Å²) in [6, 6.07) is 1.88. The van der Waals surface area contributed by atoms with Gasteiger partial charge in [-0.3, -0.25) is 4.68 Å². The zero-order valence-electron chi connectivity index (χ0n) is 5.95. The molecule has 0 bridgehead atoms. The molecule has 0 saturated heterocycles. The first-order valence-corrected chi connectivity index (χ1v) is 3.59. The minimum atomic E-state index is 0.510. The highest BCUT2D eigenvalue weighted by Gasteiger charge is 2.02. The third-order valence-corrected chi connectivity index (χ3v) is 1.93. The van der Waals surface area contributed by atoms with Crippen molar-refractivity contribution in [3.8, 4) is 0 Å². The van der Waals surface area contributed by atoms with Crippen LogP contribution in [0, 0.1) is 0 Å². The Labute approximate surface area is 68.6 Å². The minimum absolute atomic E-state index is 0.510. The summed E-state index contributed by atoms with van der Waals surface area (Å²) in [5, 5.41) is 5.46. The standard InChI is InChI=1S/C7H6ClN3/c1-11-6-2-3-9-7(8)5(6)4-10-11/h2-4H,1H3. The molecule has 0 saturated carbocycles. The lowest BCUT2D eigenvalue weighted by Gasteiger charge is -1.92. The average Bonchev–Trinajstić information content (AvgIpc) is 2.35. The van der Waals surface area contributed by atoms with E-state index < -0.39 is 0 Å². The van der Waals surface area contributed by atoms with Crippen LogP contribution in [0.4, 0.5) is 0 Å². The Morgan fingerprint density at radius 3 is 3.09 bits per heavy atom. The Morgan fingerprint density at radius 2 is 2.36 bits per heavy atom. The number of pyridine rings is 1. The van der Waals surface area contributed by atoms with Crippen LogP contribution in [0.5, 0.6) is 0 Å². The molecule has 0 radical (unpaired) electrons. The van der Waals surface area contributed by atoms with E-state index in [1.165, 1.54) is 0 Å². The van der Waals surface area contributed by atoms with E-state index in [0.717, 1.165) is 10.9 Å². The van der Waals surface area contributed by atoms with Gasteiger partial charge in [0.05, 0.1) is 17.1 Å². The van der Waals surface area contributed by atoms with Crippen LogP contribution in [0.1, 0.15) is 0 Å². The van der Waals surface area contributed by atoms with Crippen molar-refractivity contribution in [1.29, 1.82) is 0 Å². The van der Waals surface area contributed by atoms with E-state index >= 15 is 0 Å². The number of hydrogen-bond acceptors (Lipinski definition) is 2. The molecule has 3 nitrogen and oxygen atoms in total. The third kappa shape index (κ3) is 0.886. The maximum atomic E-state index is 5.81. The fourth-order valence-electron chi connectivity index (χ4n) is 1.05. The summed E-state index contributed by atoms with van der Waals surface area (Å²) < 4.78 is 1.77. The van der Waals surface area contributed by atoms with E-state index in [4.69, 9.17) is 11.6 Å². The molecule has 0 fully saturated rings. The lowest BCUT2D eigenvalue weighted by Crippen LogP contribution is -1.88. The van der Waals surface area contributed by atoms with E-state index in [9.17, 15) is 0 Å². The van der Waals surface area contributed by atoms with E-state index in [0.29, 0.717) is 5.15 Å². The molecule has 2 aromatic heterocycles. The van der Waals surface area contributed by atoms with Crippen molar-refractivity contribution in [3.05, 3.63) is 23.6 Å². The molecule has 0 aliphatic heterocycles. The monoisotopic (exact) mass is 167 g/mol. The predicted octanol–water partition coefficient (Wildman–Crippen LogP) is 1.62. The van der Waals surface area contributed by atoms with Gasteiger partial charge in [0, 0.05) is 13.2 Å². The van der Waals surface area contributed by atoms with Crippen molar-refractivity contribution in [1.82, 2.24) is 14.8 Å². The molecular formula is C7H6ClN3. The first-order chi connectivity index (χ1) is 5.29. The molecule has 0 unspecified atom stereocenters. The van der Waals surface area contributed by atoms with Crippen molar-refractivity contribution in [2.75, 3.05) is 0 Å².